The average molecular weight is 185 g/mol. The Kier molecular flexibility index (Phi) is 3.98. The maximum Gasteiger partial charge on any atom is 0.410 e. The van der Waals surface area contributed by atoms with Crippen LogP contribution < -0.4 is 0 Å². The molecule has 0 N–H and O–H groups in total. The number of carbonyl (C=O) groups is 1. The van der Waals surface area contributed by atoms with Gasteiger partial charge in [0.15, 0.2) is 0 Å². The summed E-state index contributed by atoms with van der Waals surface area (Å²) in [7, 11) is 1.70. The maximum atomic E-state index is 11.4. The fraction of sp³-hybridized carbons (Fsp3) is 0.700. The first kappa shape index (κ1) is 12.0. The monoisotopic (exact) mass is 185 g/mol. The molecule has 0 aliphatic rings. The van der Waals surface area contributed by atoms with Crippen LogP contribution in [0, 0.1) is 0 Å². The van der Waals surface area contributed by atoms with Crippen LogP contribution in [0.4, 0.5) is 4.79 Å². The molecule has 0 aliphatic heterocycles. The molecule has 13 heavy (non-hydrogen) atoms. The first-order valence-electron chi connectivity index (χ1n) is 4.31. The van der Waals surface area contributed by atoms with Gasteiger partial charge in [0.05, 0.1) is 0 Å². The van der Waals surface area contributed by atoms with Gasteiger partial charge in [0.1, 0.15) is 5.60 Å². The van der Waals surface area contributed by atoms with Crippen molar-refractivity contribution in [2.24, 2.45) is 0 Å². The largest absolute Gasteiger partial charge is 0.444 e. The molecule has 0 radical (unpaired) electrons. The van der Waals surface area contributed by atoms with Gasteiger partial charge in [-0.05, 0) is 27.7 Å². The lowest BCUT2D eigenvalue weighted by Gasteiger charge is -2.24. The van der Waals surface area contributed by atoms with Gasteiger partial charge >= 0.3 is 6.09 Å². The number of rotatable bonds is 2. The minimum Gasteiger partial charge on any atom is -0.444 e. The van der Waals surface area contributed by atoms with Gasteiger partial charge < -0.3 is 9.64 Å². The van der Waals surface area contributed by atoms with Gasteiger partial charge in [-0.15, -0.1) is 0 Å². The summed E-state index contributed by atoms with van der Waals surface area (Å²) in [5, 5.41) is 0. The molecule has 76 valence electrons. The van der Waals surface area contributed by atoms with Crippen LogP contribution in [-0.2, 0) is 4.74 Å². The van der Waals surface area contributed by atoms with Crippen LogP contribution >= 0.6 is 0 Å². The van der Waals surface area contributed by atoms with E-state index in [4.69, 9.17) is 4.74 Å². The average Bonchev–Trinajstić information content (AvgIpc) is 1.81. The molecule has 0 aromatic carbocycles. The van der Waals surface area contributed by atoms with Gasteiger partial charge in [-0.25, -0.2) is 4.79 Å². The van der Waals surface area contributed by atoms with Crippen molar-refractivity contribution in [3.63, 3.8) is 0 Å². The molecule has 0 bridgehead atoms. The van der Waals surface area contributed by atoms with Crippen molar-refractivity contribution in [1.29, 1.82) is 0 Å². The number of hydrogen-bond acceptors (Lipinski definition) is 2. The zero-order chi connectivity index (χ0) is 10.6. The van der Waals surface area contributed by atoms with E-state index in [0.717, 1.165) is 5.57 Å². The number of carbonyl (C=O) groups excluding carboxylic acids is 1. The molecule has 0 aromatic rings. The molecule has 0 rings (SSSR count). The SMILES string of the molecule is C=C(C)CN(C)C(=O)OC(C)(C)C. The zero-order valence-electron chi connectivity index (χ0n) is 9.18. The fourth-order valence-electron chi connectivity index (χ4n) is 0.809. The van der Waals surface area contributed by atoms with E-state index >= 15 is 0 Å². The van der Waals surface area contributed by atoms with Gasteiger partial charge in [-0.3, -0.25) is 0 Å². The number of nitrogens with zero attached hydrogens (tertiary/aromatic N) is 1. The Labute approximate surface area is 80.4 Å². The number of hydrogen-bond donors (Lipinski definition) is 0. The van der Waals surface area contributed by atoms with Gasteiger partial charge in [0.2, 0.25) is 0 Å². The Morgan fingerprint density at radius 2 is 1.92 bits per heavy atom. The van der Waals surface area contributed by atoms with E-state index in [1.54, 1.807) is 7.05 Å². The fourth-order valence-corrected chi connectivity index (χ4v) is 0.809. The molecule has 0 saturated carbocycles. The minimum atomic E-state index is -0.430. The predicted molar refractivity (Wildman–Crippen MR) is 53.7 cm³/mol. The Balaban J connectivity index is 4.05. The second-order valence-corrected chi connectivity index (χ2v) is 4.29. The summed E-state index contributed by atoms with van der Waals surface area (Å²) in [5.74, 6) is 0. The lowest BCUT2D eigenvalue weighted by molar-refractivity contribution is 0.0314. The Morgan fingerprint density at radius 1 is 1.46 bits per heavy atom. The zero-order valence-corrected chi connectivity index (χ0v) is 9.18. The molecule has 0 heterocycles. The van der Waals surface area contributed by atoms with Crippen molar-refractivity contribution in [2.75, 3.05) is 13.6 Å². The van der Waals surface area contributed by atoms with E-state index in [2.05, 4.69) is 6.58 Å². The quantitative estimate of drug-likeness (QED) is 0.618. The van der Waals surface area contributed by atoms with Crippen LogP contribution in [0.5, 0.6) is 0 Å². The third-order valence-electron chi connectivity index (χ3n) is 1.21. The molecule has 3 nitrogen and oxygen atoms in total. The molecule has 0 saturated heterocycles. The van der Waals surface area contributed by atoms with Crippen LogP contribution in [-0.4, -0.2) is 30.2 Å². The Hall–Kier alpha value is -0.990. The first-order valence-corrected chi connectivity index (χ1v) is 4.31. The van der Waals surface area contributed by atoms with E-state index < -0.39 is 5.60 Å². The van der Waals surface area contributed by atoms with E-state index in [-0.39, 0.29) is 6.09 Å². The van der Waals surface area contributed by atoms with Crippen molar-refractivity contribution >= 4 is 6.09 Å². The Bertz CT molecular complexity index is 203. The number of amides is 1. The van der Waals surface area contributed by atoms with Crippen molar-refractivity contribution in [1.82, 2.24) is 4.90 Å². The van der Waals surface area contributed by atoms with E-state index in [1.807, 2.05) is 27.7 Å². The van der Waals surface area contributed by atoms with Crippen molar-refractivity contribution < 1.29 is 9.53 Å². The number of ether oxygens (including phenoxy) is 1. The standard InChI is InChI=1S/C10H19NO2/c1-8(2)7-11(6)9(12)13-10(3,4)5/h1,7H2,2-6H3. The van der Waals surface area contributed by atoms with Crippen molar-refractivity contribution in [3.05, 3.63) is 12.2 Å². The highest BCUT2D eigenvalue weighted by atomic mass is 16.6. The second-order valence-electron chi connectivity index (χ2n) is 4.29. The smallest absolute Gasteiger partial charge is 0.410 e. The van der Waals surface area contributed by atoms with E-state index in [1.165, 1.54) is 4.90 Å². The van der Waals surface area contributed by atoms with Crippen molar-refractivity contribution in [2.45, 2.75) is 33.3 Å². The summed E-state index contributed by atoms with van der Waals surface area (Å²) >= 11 is 0. The molecule has 0 fully saturated rings. The normalized spacial score (nSPS) is 10.8. The second kappa shape index (κ2) is 4.30. The summed E-state index contributed by atoms with van der Waals surface area (Å²) in [6.45, 7) is 11.7. The lowest BCUT2D eigenvalue weighted by atomic mass is 10.2. The summed E-state index contributed by atoms with van der Waals surface area (Å²) in [4.78, 5) is 12.9. The van der Waals surface area contributed by atoms with Crippen LogP contribution in [0.3, 0.4) is 0 Å². The third-order valence-corrected chi connectivity index (χ3v) is 1.21. The molecule has 0 aliphatic carbocycles. The van der Waals surface area contributed by atoms with E-state index in [0.29, 0.717) is 6.54 Å². The van der Waals surface area contributed by atoms with Gasteiger partial charge in [-0.2, -0.15) is 0 Å². The van der Waals surface area contributed by atoms with Crippen LogP contribution in [0.25, 0.3) is 0 Å². The molecule has 0 unspecified atom stereocenters. The topological polar surface area (TPSA) is 29.5 Å². The van der Waals surface area contributed by atoms with Gasteiger partial charge in [0.25, 0.3) is 0 Å². The van der Waals surface area contributed by atoms with Crippen LogP contribution in [0.1, 0.15) is 27.7 Å². The van der Waals surface area contributed by atoms with Crippen molar-refractivity contribution in [3.8, 4) is 0 Å². The molecule has 1 amide bonds. The molecular formula is C10H19NO2. The van der Waals surface area contributed by atoms with Gasteiger partial charge in [0, 0.05) is 13.6 Å². The van der Waals surface area contributed by atoms with Crippen LogP contribution in [0.2, 0.25) is 0 Å². The highest BCUT2D eigenvalue weighted by Crippen LogP contribution is 2.09. The summed E-state index contributed by atoms with van der Waals surface area (Å²) in [5.41, 5.74) is 0.508. The molecule has 0 spiro atoms. The highest BCUT2D eigenvalue weighted by molar-refractivity contribution is 5.68. The van der Waals surface area contributed by atoms with Gasteiger partial charge in [-0.1, -0.05) is 12.2 Å². The minimum absolute atomic E-state index is 0.310. The molecular weight excluding hydrogens is 166 g/mol. The van der Waals surface area contributed by atoms with Crippen LogP contribution in [0.15, 0.2) is 12.2 Å². The summed E-state index contributed by atoms with van der Waals surface area (Å²) in [6.07, 6.45) is -0.310. The summed E-state index contributed by atoms with van der Waals surface area (Å²) in [6, 6.07) is 0. The van der Waals surface area contributed by atoms with E-state index in [9.17, 15) is 4.79 Å². The predicted octanol–water partition coefficient (Wildman–Crippen LogP) is 2.43. The summed E-state index contributed by atoms with van der Waals surface area (Å²) < 4.78 is 5.15. The Morgan fingerprint density at radius 3 is 2.23 bits per heavy atom. The molecule has 0 aromatic heterocycles. The molecule has 0 atom stereocenters. The third kappa shape index (κ3) is 6.20. The maximum absolute atomic E-state index is 11.4. The molecule has 3 heteroatoms. The first-order chi connectivity index (χ1) is 5.72. The number of likely N-dealkylation sites (N-methyl/N-ethyl adjacent to an activating group) is 1. The lowest BCUT2D eigenvalue weighted by Crippen LogP contribution is -2.34. The highest BCUT2D eigenvalue weighted by Gasteiger charge is 2.18.